The monoisotopic (exact) mass is 215 g/mol. The van der Waals surface area contributed by atoms with Crippen LogP contribution in [0.15, 0.2) is 0 Å². The van der Waals surface area contributed by atoms with Crippen molar-refractivity contribution in [2.75, 3.05) is 13.2 Å². The summed E-state index contributed by atoms with van der Waals surface area (Å²) >= 11 is 0. The van der Waals surface area contributed by atoms with Crippen molar-refractivity contribution >= 4 is 5.91 Å². The van der Waals surface area contributed by atoms with Gasteiger partial charge in [0.1, 0.15) is 0 Å². The van der Waals surface area contributed by atoms with E-state index in [2.05, 4.69) is 19.2 Å². The molecule has 1 saturated heterocycles. The minimum absolute atomic E-state index is 0.0906. The minimum Gasteiger partial charge on any atom is -0.381 e. The van der Waals surface area contributed by atoms with Gasteiger partial charge in [-0.15, -0.1) is 0 Å². The van der Waals surface area contributed by atoms with Gasteiger partial charge in [0.05, 0.1) is 0 Å². The van der Waals surface area contributed by atoms with E-state index in [9.17, 15) is 4.79 Å². The molecule has 0 aromatic carbocycles. The van der Waals surface area contributed by atoms with Crippen LogP contribution in [0.1, 0.15) is 47.0 Å². The zero-order chi connectivity index (χ0) is 11.7. The van der Waals surface area contributed by atoms with Crippen molar-refractivity contribution in [3.05, 3.63) is 0 Å². The summed E-state index contributed by atoms with van der Waals surface area (Å²) in [5, 5.41) is 3.00. The molecule has 0 aromatic heterocycles. The van der Waals surface area contributed by atoms with Gasteiger partial charge in [-0.1, -0.05) is 34.1 Å². The Labute approximate surface area is 93.6 Å². The van der Waals surface area contributed by atoms with Gasteiger partial charge >= 0.3 is 0 Å². The van der Waals surface area contributed by atoms with Gasteiger partial charge in [-0.2, -0.15) is 0 Å². The molecule has 15 heavy (non-hydrogen) atoms. The molecule has 1 amide bonds. The first kappa shape index (κ1) is 14.4. The van der Waals surface area contributed by atoms with Gasteiger partial charge in [-0.3, -0.25) is 4.79 Å². The van der Waals surface area contributed by atoms with E-state index in [1.165, 1.54) is 6.42 Å². The molecule has 1 fully saturated rings. The van der Waals surface area contributed by atoms with Crippen LogP contribution in [-0.2, 0) is 9.53 Å². The number of carbonyl (C=O) groups is 1. The first-order valence-corrected chi connectivity index (χ1v) is 5.99. The predicted molar refractivity (Wildman–Crippen MR) is 62.8 cm³/mol. The van der Waals surface area contributed by atoms with Crippen molar-refractivity contribution < 1.29 is 9.53 Å². The first-order chi connectivity index (χ1) is 7.11. The Hall–Kier alpha value is -0.570. The number of hydrogen-bond donors (Lipinski definition) is 1. The molecule has 90 valence electrons. The van der Waals surface area contributed by atoms with Gasteiger partial charge in [0, 0.05) is 25.2 Å². The average Bonchev–Trinajstić information content (AvgIpc) is 2.20. The van der Waals surface area contributed by atoms with Crippen molar-refractivity contribution in [2.45, 2.75) is 53.0 Å². The number of carbonyl (C=O) groups excluding carboxylic acids is 1. The largest absolute Gasteiger partial charge is 0.381 e. The molecule has 1 heterocycles. The number of hydrogen-bond acceptors (Lipinski definition) is 2. The van der Waals surface area contributed by atoms with E-state index in [1.54, 1.807) is 0 Å². The molecule has 0 unspecified atom stereocenters. The summed E-state index contributed by atoms with van der Waals surface area (Å²) in [6, 6.07) is 0.341. The maximum atomic E-state index is 11.3. The molecule has 0 atom stereocenters. The molecule has 0 aromatic rings. The Balaban J connectivity index is 0.000000583. The van der Waals surface area contributed by atoms with E-state index in [0.29, 0.717) is 6.04 Å². The highest BCUT2D eigenvalue weighted by atomic mass is 16.5. The molecule has 3 nitrogen and oxygen atoms in total. The van der Waals surface area contributed by atoms with E-state index in [-0.39, 0.29) is 11.8 Å². The third-order valence-electron chi connectivity index (χ3n) is 2.09. The van der Waals surface area contributed by atoms with Crippen LogP contribution < -0.4 is 5.32 Å². The van der Waals surface area contributed by atoms with Gasteiger partial charge < -0.3 is 10.1 Å². The van der Waals surface area contributed by atoms with Crippen LogP contribution in [0.4, 0.5) is 0 Å². The second-order valence-corrected chi connectivity index (χ2v) is 4.26. The first-order valence-electron chi connectivity index (χ1n) is 5.99. The molecule has 3 heteroatoms. The predicted octanol–water partition coefficient (Wildman–Crippen LogP) is 2.35. The number of amides is 1. The third-order valence-corrected chi connectivity index (χ3v) is 2.09. The minimum atomic E-state index is 0.0906. The Kier molecular flexibility index (Phi) is 8.38. The molecule has 1 aliphatic rings. The summed E-state index contributed by atoms with van der Waals surface area (Å²) in [7, 11) is 0. The summed E-state index contributed by atoms with van der Waals surface area (Å²) in [5.41, 5.74) is 0. The van der Waals surface area contributed by atoms with Gasteiger partial charge in [0.2, 0.25) is 5.91 Å². The van der Waals surface area contributed by atoms with Crippen LogP contribution in [0.2, 0.25) is 0 Å². The highest BCUT2D eigenvalue weighted by Gasteiger charge is 2.17. The van der Waals surface area contributed by atoms with Crippen LogP contribution >= 0.6 is 0 Å². The van der Waals surface area contributed by atoms with Crippen LogP contribution in [-0.4, -0.2) is 25.2 Å². The Bertz CT molecular complexity index is 163. The van der Waals surface area contributed by atoms with E-state index >= 15 is 0 Å². The van der Waals surface area contributed by atoms with Crippen LogP contribution in [0.5, 0.6) is 0 Å². The fraction of sp³-hybridized carbons (Fsp3) is 0.917. The third kappa shape index (κ3) is 7.37. The zero-order valence-corrected chi connectivity index (χ0v) is 10.5. The highest BCUT2D eigenvalue weighted by Crippen LogP contribution is 2.06. The van der Waals surface area contributed by atoms with Crippen molar-refractivity contribution in [1.82, 2.24) is 5.32 Å². The number of rotatable bonds is 2. The smallest absolute Gasteiger partial charge is 0.222 e. The number of nitrogens with one attached hydrogen (secondary N) is 1. The summed E-state index contributed by atoms with van der Waals surface area (Å²) in [6.07, 6.45) is 3.16. The van der Waals surface area contributed by atoms with E-state index in [4.69, 9.17) is 4.74 Å². The highest BCUT2D eigenvalue weighted by molar-refractivity contribution is 5.78. The van der Waals surface area contributed by atoms with Gasteiger partial charge in [0.15, 0.2) is 0 Å². The maximum Gasteiger partial charge on any atom is 0.222 e. The van der Waals surface area contributed by atoms with Crippen LogP contribution in [0.25, 0.3) is 0 Å². The second-order valence-electron chi connectivity index (χ2n) is 4.26. The molecule has 0 radical (unpaired) electrons. The molecule has 1 N–H and O–H groups in total. The quantitative estimate of drug-likeness (QED) is 0.768. The van der Waals surface area contributed by atoms with Crippen LogP contribution in [0.3, 0.4) is 0 Å². The van der Waals surface area contributed by atoms with E-state index < -0.39 is 0 Å². The summed E-state index contributed by atoms with van der Waals surface area (Å²) in [5.74, 6) is 0.245. The number of ether oxygens (including phenoxy) is 1. The average molecular weight is 215 g/mol. The van der Waals surface area contributed by atoms with E-state index in [1.807, 2.05) is 13.8 Å². The molecule has 0 bridgehead atoms. The van der Waals surface area contributed by atoms with Gasteiger partial charge in [0.25, 0.3) is 0 Å². The summed E-state index contributed by atoms with van der Waals surface area (Å²) in [6.45, 7) is 9.63. The lowest BCUT2D eigenvalue weighted by Gasteiger charge is -2.23. The Morgan fingerprint density at radius 3 is 2.20 bits per heavy atom. The molecule has 0 aliphatic carbocycles. The zero-order valence-electron chi connectivity index (χ0n) is 10.5. The standard InChI is InChI=1S/C9H17NO2.C3H8/c1-7(2)9(11)10-8-3-5-12-6-4-8;1-3-2/h7-8H,3-6H2,1-2H3,(H,10,11);3H2,1-2H3. The van der Waals surface area contributed by atoms with E-state index in [0.717, 1.165) is 26.1 Å². The lowest BCUT2D eigenvalue weighted by molar-refractivity contribution is -0.125. The molecule has 0 saturated carbocycles. The van der Waals surface area contributed by atoms with Crippen molar-refractivity contribution in [3.63, 3.8) is 0 Å². The molecular weight excluding hydrogens is 190 g/mol. The SMILES string of the molecule is CC(C)C(=O)NC1CCOCC1.CCC. The lowest BCUT2D eigenvalue weighted by Crippen LogP contribution is -2.40. The normalized spacial score (nSPS) is 16.9. The molecule has 1 rings (SSSR count). The molecular formula is C12H25NO2. The molecule has 0 spiro atoms. The maximum absolute atomic E-state index is 11.3. The van der Waals surface area contributed by atoms with Crippen molar-refractivity contribution in [2.24, 2.45) is 5.92 Å². The molecule has 1 aliphatic heterocycles. The Morgan fingerprint density at radius 2 is 1.80 bits per heavy atom. The topological polar surface area (TPSA) is 38.3 Å². The van der Waals surface area contributed by atoms with Gasteiger partial charge in [-0.05, 0) is 12.8 Å². The fourth-order valence-corrected chi connectivity index (χ4v) is 1.21. The van der Waals surface area contributed by atoms with Gasteiger partial charge in [-0.25, -0.2) is 0 Å². The lowest BCUT2D eigenvalue weighted by atomic mass is 10.1. The Morgan fingerprint density at radius 1 is 1.33 bits per heavy atom. The fourth-order valence-electron chi connectivity index (χ4n) is 1.21. The van der Waals surface area contributed by atoms with Crippen molar-refractivity contribution in [3.8, 4) is 0 Å². The summed E-state index contributed by atoms with van der Waals surface area (Å²) in [4.78, 5) is 11.3. The van der Waals surface area contributed by atoms with Crippen molar-refractivity contribution in [1.29, 1.82) is 0 Å². The summed E-state index contributed by atoms with van der Waals surface area (Å²) < 4.78 is 5.19. The second kappa shape index (κ2) is 8.72. The van der Waals surface area contributed by atoms with Crippen LogP contribution in [0, 0.1) is 5.92 Å².